The quantitative estimate of drug-likeness (QED) is 0.625. The summed E-state index contributed by atoms with van der Waals surface area (Å²) in [6.45, 7) is 0.292. The zero-order chi connectivity index (χ0) is 15.9. The standard InChI is InChI=1S/C13H17ClN4O4/c1-20-12(21-2)9-8(19)7(5-22-9)18-4-3-6-10(14)16-13(15)17-11(6)18/h3-4,7-9,12,19H,5H2,1-2H3,(H2,15,16,17)/t7-,8+,9+/m0/s1. The van der Waals surface area contributed by atoms with Crippen molar-refractivity contribution < 1.29 is 19.3 Å². The molecule has 8 nitrogen and oxygen atoms in total. The van der Waals surface area contributed by atoms with Gasteiger partial charge < -0.3 is 29.6 Å². The molecule has 2 aromatic heterocycles. The molecule has 0 radical (unpaired) electrons. The van der Waals surface area contributed by atoms with Crippen molar-refractivity contribution >= 4 is 28.6 Å². The summed E-state index contributed by atoms with van der Waals surface area (Å²) in [6.07, 6.45) is -0.286. The van der Waals surface area contributed by atoms with Crippen LogP contribution < -0.4 is 5.73 Å². The molecular formula is C13H17ClN4O4. The van der Waals surface area contributed by atoms with Gasteiger partial charge in [-0.25, -0.2) is 4.98 Å². The summed E-state index contributed by atoms with van der Waals surface area (Å²) in [7, 11) is 2.99. The SMILES string of the molecule is COC(OC)[C@@H]1OC[C@H](n2ccc3c(Cl)nc(N)nc32)[C@H]1O. The van der Waals surface area contributed by atoms with E-state index in [1.54, 1.807) is 16.8 Å². The van der Waals surface area contributed by atoms with Crippen LogP contribution in [-0.2, 0) is 14.2 Å². The highest BCUT2D eigenvalue weighted by Gasteiger charge is 2.42. The van der Waals surface area contributed by atoms with Crippen LogP contribution in [0.5, 0.6) is 0 Å². The van der Waals surface area contributed by atoms with Gasteiger partial charge in [-0.2, -0.15) is 4.98 Å². The Labute approximate surface area is 131 Å². The molecule has 0 spiro atoms. The Kier molecular flexibility index (Phi) is 4.20. The lowest BCUT2D eigenvalue weighted by atomic mass is 10.1. The maximum atomic E-state index is 10.5. The van der Waals surface area contributed by atoms with E-state index in [4.69, 9.17) is 31.5 Å². The Morgan fingerprint density at radius 2 is 2.18 bits per heavy atom. The van der Waals surface area contributed by atoms with Crippen molar-refractivity contribution in [3.05, 3.63) is 17.4 Å². The van der Waals surface area contributed by atoms with Crippen LogP contribution in [0.15, 0.2) is 12.3 Å². The Morgan fingerprint density at radius 1 is 1.45 bits per heavy atom. The first-order chi connectivity index (χ1) is 10.6. The number of aliphatic hydroxyl groups excluding tert-OH is 1. The maximum Gasteiger partial charge on any atom is 0.223 e. The molecule has 0 saturated carbocycles. The van der Waals surface area contributed by atoms with Crippen LogP contribution in [0, 0.1) is 0 Å². The third-order valence-electron chi connectivity index (χ3n) is 3.82. The molecule has 1 aliphatic heterocycles. The lowest BCUT2D eigenvalue weighted by molar-refractivity contribution is -0.185. The molecule has 120 valence electrons. The first-order valence-electron chi connectivity index (χ1n) is 6.71. The first kappa shape index (κ1) is 15.4. The number of fused-ring (bicyclic) bond motifs is 1. The molecule has 22 heavy (non-hydrogen) atoms. The fourth-order valence-electron chi connectivity index (χ4n) is 2.75. The number of methoxy groups -OCH3 is 2. The predicted molar refractivity (Wildman–Crippen MR) is 79.5 cm³/mol. The highest BCUT2D eigenvalue weighted by molar-refractivity contribution is 6.34. The number of nitrogens with zero attached hydrogens (tertiary/aromatic N) is 3. The van der Waals surface area contributed by atoms with E-state index in [0.717, 1.165) is 0 Å². The number of ether oxygens (including phenoxy) is 3. The highest BCUT2D eigenvalue weighted by atomic mass is 35.5. The summed E-state index contributed by atoms with van der Waals surface area (Å²) in [5.41, 5.74) is 6.20. The van der Waals surface area contributed by atoms with Gasteiger partial charge >= 0.3 is 0 Å². The number of nitrogens with two attached hydrogens (primary N) is 1. The number of anilines is 1. The lowest BCUT2D eigenvalue weighted by Gasteiger charge is -2.24. The third-order valence-corrected chi connectivity index (χ3v) is 4.11. The molecule has 2 aromatic rings. The number of rotatable bonds is 4. The van der Waals surface area contributed by atoms with Gasteiger partial charge in [0.2, 0.25) is 5.95 Å². The Balaban J connectivity index is 1.95. The van der Waals surface area contributed by atoms with Crippen molar-refractivity contribution in [3.8, 4) is 0 Å². The smallest absolute Gasteiger partial charge is 0.223 e. The molecule has 0 bridgehead atoms. The molecule has 9 heteroatoms. The summed E-state index contributed by atoms with van der Waals surface area (Å²) in [5, 5.41) is 11.5. The maximum absolute atomic E-state index is 10.5. The zero-order valence-corrected chi connectivity index (χ0v) is 12.9. The second-order valence-electron chi connectivity index (χ2n) is 5.03. The lowest BCUT2D eigenvalue weighted by Crippen LogP contribution is -2.39. The molecular weight excluding hydrogens is 312 g/mol. The van der Waals surface area contributed by atoms with E-state index in [0.29, 0.717) is 17.6 Å². The fourth-order valence-corrected chi connectivity index (χ4v) is 2.99. The van der Waals surface area contributed by atoms with Gasteiger partial charge in [-0.1, -0.05) is 11.6 Å². The monoisotopic (exact) mass is 328 g/mol. The predicted octanol–water partition coefficient (Wildman–Crippen LogP) is 0.587. The van der Waals surface area contributed by atoms with Gasteiger partial charge in [0.05, 0.1) is 18.0 Å². The van der Waals surface area contributed by atoms with Crippen LogP contribution in [0.3, 0.4) is 0 Å². The number of hydrogen-bond acceptors (Lipinski definition) is 7. The van der Waals surface area contributed by atoms with Crippen molar-refractivity contribution in [2.75, 3.05) is 26.6 Å². The Bertz CT molecular complexity index is 675. The van der Waals surface area contributed by atoms with Gasteiger partial charge in [-0.3, -0.25) is 0 Å². The summed E-state index contributed by atoms with van der Waals surface area (Å²) in [4.78, 5) is 8.12. The summed E-state index contributed by atoms with van der Waals surface area (Å²) < 4.78 is 17.7. The number of aromatic nitrogens is 3. The van der Waals surface area contributed by atoms with Gasteiger partial charge in [-0.05, 0) is 6.07 Å². The van der Waals surface area contributed by atoms with Crippen molar-refractivity contribution in [2.45, 2.75) is 24.5 Å². The van der Waals surface area contributed by atoms with Crippen LogP contribution >= 0.6 is 11.6 Å². The van der Waals surface area contributed by atoms with Crippen molar-refractivity contribution in [2.24, 2.45) is 0 Å². The van der Waals surface area contributed by atoms with Gasteiger partial charge in [0.25, 0.3) is 0 Å². The molecule has 1 saturated heterocycles. The van der Waals surface area contributed by atoms with Crippen LogP contribution in [0.4, 0.5) is 5.95 Å². The molecule has 3 rings (SSSR count). The average Bonchev–Trinajstić information content (AvgIpc) is 3.05. The van der Waals surface area contributed by atoms with Gasteiger partial charge in [0.1, 0.15) is 23.0 Å². The molecule has 0 amide bonds. The normalized spacial score (nSPS) is 25.4. The first-order valence-corrected chi connectivity index (χ1v) is 7.09. The molecule has 1 aliphatic rings. The van der Waals surface area contributed by atoms with Crippen LogP contribution in [0.1, 0.15) is 6.04 Å². The fraction of sp³-hybridized carbons (Fsp3) is 0.538. The van der Waals surface area contributed by atoms with E-state index in [1.807, 2.05) is 0 Å². The van der Waals surface area contributed by atoms with Gasteiger partial charge in [-0.15, -0.1) is 0 Å². The molecule has 0 unspecified atom stereocenters. The molecule has 1 fully saturated rings. The van der Waals surface area contributed by atoms with Crippen LogP contribution in [0.2, 0.25) is 5.15 Å². The van der Waals surface area contributed by atoms with E-state index < -0.39 is 18.5 Å². The second kappa shape index (κ2) is 5.98. The zero-order valence-electron chi connectivity index (χ0n) is 12.1. The van der Waals surface area contributed by atoms with E-state index in [-0.39, 0.29) is 17.1 Å². The van der Waals surface area contributed by atoms with Crippen LogP contribution in [0.25, 0.3) is 11.0 Å². The average molecular weight is 329 g/mol. The minimum absolute atomic E-state index is 0.0778. The molecule has 3 N–H and O–H groups in total. The van der Waals surface area contributed by atoms with E-state index >= 15 is 0 Å². The topological polar surface area (TPSA) is 105 Å². The molecule has 0 aliphatic carbocycles. The third kappa shape index (κ3) is 2.42. The summed E-state index contributed by atoms with van der Waals surface area (Å²) in [6, 6.07) is 1.43. The second-order valence-corrected chi connectivity index (χ2v) is 5.39. The molecule has 3 heterocycles. The number of aliphatic hydroxyl groups is 1. The Morgan fingerprint density at radius 3 is 2.86 bits per heavy atom. The number of halogens is 1. The minimum atomic E-state index is -0.824. The number of hydrogen-bond donors (Lipinski definition) is 2. The van der Waals surface area contributed by atoms with E-state index in [9.17, 15) is 5.11 Å². The van der Waals surface area contributed by atoms with E-state index in [2.05, 4.69) is 9.97 Å². The van der Waals surface area contributed by atoms with Crippen molar-refractivity contribution in [3.63, 3.8) is 0 Å². The molecule has 0 aromatic carbocycles. The number of nitrogen functional groups attached to an aromatic ring is 1. The summed E-state index contributed by atoms with van der Waals surface area (Å²) in [5.74, 6) is 0.0778. The van der Waals surface area contributed by atoms with E-state index in [1.165, 1.54) is 14.2 Å². The minimum Gasteiger partial charge on any atom is -0.388 e. The summed E-state index contributed by atoms with van der Waals surface area (Å²) >= 11 is 6.06. The van der Waals surface area contributed by atoms with Gasteiger partial charge in [0.15, 0.2) is 6.29 Å². The Hall–Kier alpha value is -1.45. The van der Waals surface area contributed by atoms with Crippen molar-refractivity contribution in [1.29, 1.82) is 0 Å². The van der Waals surface area contributed by atoms with Crippen LogP contribution in [-0.4, -0.2) is 59.0 Å². The van der Waals surface area contributed by atoms with Crippen molar-refractivity contribution in [1.82, 2.24) is 14.5 Å². The largest absolute Gasteiger partial charge is 0.388 e. The van der Waals surface area contributed by atoms with Gasteiger partial charge in [0, 0.05) is 20.4 Å². The highest BCUT2D eigenvalue weighted by Crippen LogP contribution is 2.32. The molecule has 3 atom stereocenters.